The van der Waals surface area contributed by atoms with Crippen molar-refractivity contribution in [2.45, 2.75) is 44.6 Å². The van der Waals surface area contributed by atoms with Gasteiger partial charge in [0.05, 0.1) is 0 Å². The van der Waals surface area contributed by atoms with Crippen LogP contribution in [0.15, 0.2) is 0 Å². The molecule has 1 rings (SSSR count). The quantitative estimate of drug-likeness (QED) is 0.756. The second kappa shape index (κ2) is 5.63. The van der Waals surface area contributed by atoms with E-state index in [1.807, 2.05) is 0 Å². The number of hydrogen-bond donors (Lipinski definition) is 1. The summed E-state index contributed by atoms with van der Waals surface area (Å²) >= 11 is 0. The molecule has 16 heavy (non-hydrogen) atoms. The standard InChI is InChI=1S/C10H19NO4S/c1-11(16(14,15)8-10(12)13)9-6-4-2-3-5-7-9/h9H,2-8H2,1H3,(H,12,13). The van der Waals surface area contributed by atoms with Crippen molar-refractivity contribution in [3.63, 3.8) is 0 Å². The Morgan fingerprint density at radius 3 is 2.19 bits per heavy atom. The highest BCUT2D eigenvalue weighted by atomic mass is 32.2. The first-order chi connectivity index (χ1) is 7.43. The Labute approximate surface area is 96.5 Å². The molecule has 0 aromatic carbocycles. The molecule has 0 unspecified atom stereocenters. The molecule has 5 nitrogen and oxygen atoms in total. The molecule has 0 aromatic heterocycles. The van der Waals surface area contributed by atoms with Crippen LogP contribution in [0.2, 0.25) is 0 Å². The van der Waals surface area contributed by atoms with Gasteiger partial charge in [0.15, 0.2) is 5.75 Å². The van der Waals surface area contributed by atoms with Crippen LogP contribution in [0.4, 0.5) is 0 Å². The van der Waals surface area contributed by atoms with Crippen molar-refractivity contribution in [3.8, 4) is 0 Å². The average Bonchev–Trinajstić information content (AvgIpc) is 2.42. The molecule has 0 amide bonds. The van der Waals surface area contributed by atoms with E-state index in [0.717, 1.165) is 38.5 Å². The first kappa shape index (κ1) is 13.4. The van der Waals surface area contributed by atoms with E-state index in [9.17, 15) is 13.2 Å². The Morgan fingerprint density at radius 1 is 1.25 bits per heavy atom. The van der Waals surface area contributed by atoms with Gasteiger partial charge in [0.25, 0.3) is 0 Å². The Kier molecular flexibility index (Phi) is 4.73. The molecule has 0 spiro atoms. The molecule has 1 N–H and O–H groups in total. The van der Waals surface area contributed by atoms with E-state index in [1.165, 1.54) is 11.4 Å². The molecule has 1 saturated carbocycles. The Morgan fingerprint density at radius 2 is 1.75 bits per heavy atom. The van der Waals surface area contributed by atoms with Crippen molar-refractivity contribution in [2.75, 3.05) is 12.8 Å². The van der Waals surface area contributed by atoms with E-state index in [0.29, 0.717) is 0 Å². The van der Waals surface area contributed by atoms with E-state index >= 15 is 0 Å². The highest BCUT2D eigenvalue weighted by molar-refractivity contribution is 7.89. The molecule has 94 valence electrons. The molecule has 0 radical (unpaired) electrons. The molecule has 0 aromatic rings. The van der Waals surface area contributed by atoms with Crippen LogP contribution in [0.3, 0.4) is 0 Å². The van der Waals surface area contributed by atoms with Crippen molar-refractivity contribution in [1.29, 1.82) is 0 Å². The number of rotatable bonds is 4. The van der Waals surface area contributed by atoms with E-state index in [1.54, 1.807) is 0 Å². The topological polar surface area (TPSA) is 74.7 Å². The maximum absolute atomic E-state index is 11.7. The van der Waals surface area contributed by atoms with E-state index in [4.69, 9.17) is 5.11 Å². The van der Waals surface area contributed by atoms with Crippen molar-refractivity contribution < 1.29 is 18.3 Å². The van der Waals surface area contributed by atoms with Crippen LogP contribution in [0.1, 0.15) is 38.5 Å². The Hall–Kier alpha value is -0.620. The third kappa shape index (κ3) is 3.75. The van der Waals surface area contributed by atoms with Gasteiger partial charge in [-0.15, -0.1) is 0 Å². The summed E-state index contributed by atoms with van der Waals surface area (Å²) in [6.45, 7) is 0. The van der Waals surface area contributed by atoms with Gasteiger partial charge in [-0.25, -0.2) is 12.7 Å². The third-order valence-corrected chi connectivity index (χ3v) is 4.87. The van der Waals surface area contributed by atoms with Gasteiger partial charge in [-0.2, -0.15) is 0 Å². The first-order valence-corrected chi connectivity index (χ1v) is 7.22. The van der Waals surface area contributed by atoms with Crippen molar-refractivity contribution in [1.82, 2.24) is 4.31 Å². The van der Waals surface area contributed by atoms with Gasteiger partial charge < -0.3 is 5.11 Å². The molecule has 1 aliphatic carbocycles. The van der Waals surface area contributed by atoms with E-state index < -0.39 is 21.7 Å². The minimum Gasteiger partial charge on any atom is -0.480 e. The lowest BCUT2D eigenvalue weighted by Gasteiger charge is -2.25. The highest BCUT2D eigenvalue weighted by Gasteiger charge is 2.28. The summed E-state index contributed by atoms with van der Waals surface area (Å²) in [6, 6.07) is -0.0214. The number of hydrogen-bond acceptors (Lipinski definition) is 3. The molecule has 0 bridgehead atoms. The predicted molar refractivity (Wildman–Crippen MR) is 60.7 cm³/mol. The fourth-order valence-corrected chi connectivity index (χ4v) is 3.29. The summed E-state index contributed by atoms with van der Waals surface area (Å²) in [4.78, 5) is 10.5. The van der Waals surface area contributed by atoms with Crippen LogP contribution < -0.4 is 0 Å². The maximum Gasteiger partial charge on any atom is 0.320 e. The molecule has 0 atom stereocenters. The van der Waals surface area contributed by atoms with Gasteiger partial charge in [0, 0.05) is 13.1 Å². The molecular formula is C10H19NO4S. The normalized spacial score (nSPS) is 19.6. The van der Waals surface area contributed by atoms with Crippen molar-refractivity contribution in [3.05, 3.63) is 0 Å². The summed E-state index contributed by atoms with van der Waals surface area (Å²) in [5, 5.41) is 8.55. The number of carbonyl (C=O) groups is 1. The van der Waals surface area contributed by atoms with Gasteiger partial charge in [0.2, 0.25) is 10.0 Å². The molecule has 0 aliphatic heterocycles. The van der Waals surface area contributed by atoms with Crippen LogP contribution in [-0.2, 0) is 14.8 Å². The van der Waals surface area contributed by atoms with Crippen molar-refractivity contribution >= 4 is 16.0 Å². The summed E-state index contributed by atoms with van der Waals surface area (Å²) in [7, 11) is -2.15. The molecular weight excluding hydrogens is 230 g/mol. The van der Waals surface area contributed by atoms with Crippen molar-refractivity contribution in [2.24, 2.45) is 0 Å². The fourth-order valence-electron chi connectivity index (χ4n) is 2.11. The zero-order valence-electron chi connectivity index (χ0n) is 9.55. The third-order valence-electron chi connectivity index (χ3n) is 3.08. The van der Waals surface area contributed by atoms with Gasteiger partial charge >= 0.3 is 5.97 Å². The fraction of sp³-hybridized carbons (Fsp3) is 0.900. The number of nitrogens with zero attached hydrogens (tertiary/aromatic N) is 1. The SMILES string of the molecule is CN(C1CCCCCC1)S(=O)(=O)CC(=O)O. The monoisotopic (exact) mass is 249 g/mol. The summed E-state index contributed by atoms with van der Waals surface area (Å²) in [6.07, 6.45) is 6.02. The summed E-state index contributed by atoms with van der Waals surface area (Å²) in [5.41, 5.74) is 0. The maximum atomic E-state index is 11.7. The second-order valence-electron chi connectivity index (χ2n) is 4.31. The number of sulfonamides is 1. The molecule has 0 saturated heterocycles. The molecule has 1 fully saturated rings. The lowest BCUT2D eigenvalue weighted by Crippen LogP contribution is -2.39. The van der Waals surface area contributed by atoms with Crippen LogP contribution >= 0.6 is 0 Å². The number of carboxylic acids is 1. The lowest BCUT2D eigenvalue weighted by molar-refractivity contribution is -0.134. The smallest absolute Gasteiger partial charge is 0.320 e. The van der Waals surface area contributed by atoms with Crippen LogP contribution in [0.5, 0.6) is 0 Å². The first-order valence-electron chi connectivity index (χ1n) is 5.61. The highest BCUT2D eigenvalue weighted by Crippen LogP contribution is 2.22. The van der Waals surface area contributed by atoms with Gasteiger partial charge in [-0.3, -0.25) is 4.79 Å². The second-order valence-corrected chi connectivity index (χ2v) is 6.34. The molecule has 0 heterocycles. The van der Waals surface area contributed by atoms with Gasteiger partial charge in [0.1, 0.15) is 0 Å². The summed E-state index contributed by atoms with van der Waals surface area (Å²) < 4.78 is 24.7. The zero-order chi connectivity index (χ0) is 12.2. The Balaban J connectivity index is 2.67. The number of aliphatic carboxylic acids is 1. The van der Waals surface area contributed by atoms with Gasteiger partial charge in [-0.1, -0.05) is 25.7 Å². The van der Waals surface area contributed by atoms with Gasteiger partial charge in [-0.05, 0) is 12.8 Å². The minimum atomic E-state index is -3.64. The predicted octanol–water partition coefficient (Wildman–Crippen LogP) is 1.06. The molecule has 1 aliphatic rings. The zero-order valence-corrected chi connectivity index (χ0v) is 10.4. The Bertz CT molecular complexity index is 331. The van der Waals surface area contributed by atoms with E-state index in [2.05, 4.69) is 0 Å². The molecule has 6 heteroatoms. The average molecular weight is 249 g/mol. The van der Waals surface area contributed by atoms with Crippen LogP contribution in [-0.4, -0.2) is 42.6 Å². The van der Waals surface area contributed by atoms with E-state index in [-0.39, 0.29) is 6.04 Å². The largest absolute Gasteiger partial charge is 0.480 e. The number of carboxylic acid groups (broad SMARTS) is 1. The minimum absolute atomic E-state index is 0.0214. The summed E-state index contributed by atoms with van der Waals surface area (Å²) in [5.74, 6) is -2.10. The lowest BCUT2D eigenvalue weighted by atomic mass is 10.1. The van der Waals surface area contributed by atoms with Crippen LogP contribution in [0, 0.1) is 0 Å². The van der Waals surface area contributed by atoms with Crippen LogP contribution in [0.25, 0.3) is 0 Å².